The van der Waals surface area contributed by atoms with Crippen molar-refractivity contribution in [2.75, 3.05) is 17.6 Å². The van der Waals surface area contributed by atoms with Crippen molar-refractivity contribution in [2.45, 2.75) is 20.4 Å². The molecule has 0 aromatic heterocycles. The largest absolute Gasteiger partial charge is 0.495 e. The standard InChI is InChI=1S/C12H20N2O3S/c1-9(2)8-18(15,16)14-11-5-4-10(7-13)6-12(11)17-3/h4-6,9,14H,7-8,13H2,1-3H3. The third kappa shape index (κ3) is 4.19. The summed E-state index contributed by atoms with van der Waals surface area (Å²) in [6.07, 6.45) is 0. The van der Waals surface area contributed by atoms with Gasteiger partial charge in [-0.3, -0.25) is 4.72 Å². The number of ether oxygens (including phenoxy) is 1. The molecule has 0 fully saturated rings. The zero-order valence-electron chi connectivity index (χ0n) is 10.9. The highest BCUT2D eigenvalue weighted by Crippen LogP contribution is 2.26. The maximum Gasteiger partial charge on any atom is 0.233 e. The van der Waals surface area contributed by atoms with Crippen molar-refractivity contribution in [1.29, 1.82) is 0 Å². The molecule has 0 bridgehead atoms. The summed E-state index contributed by atoms with van der Waals surface area (Å²) in [4.78, 5) is 0. The summed E-state index contributed by atoms with van der Waals surface area (Å²) >= 11 is 0. The SMILES string of the molecule is COc1cc(CN)ccc1NS(=O)(=O)CC(C)C. The minimum Gasteiger partial charge on any atom is -0.495 e. The Bertz CT molecular complexity index is 498. The van der Waals surface area contributed by atoms with Crippen LogP contribution in [0.1, 0.15) is 19.4 Å². The molecule has 6 heteroatoms. The summed E-state index contributed by atoms with van der Waals surface area (Å²) in [6, 6.07) is 5.17. The lowest BCUT2D eigenvalue weighted by molar-refractivity contribution is 0.416. The fourth-order valence-electron chi connectivity index (χ4n) is 1.59. The van der Waals surface area contributed by atoms with Crippen molar-refractivity contribution in [3.63, 3.8) is 0 Å². The number of nitrogens with two attached hydrogens (primary N) is 1. The second-order valence-corrected chi connectivity index (χ2v) is 6.28. The van der Waals surface area contributed by atoms with E-state index in [1.165, 1.54) is 7.11 Å². The number of nitrogens with one attached hydrogen (secondary N) is 1. The van der Waals surface area contributed by atoms with E-state index in [9.17, 15) is 8.42 Å². The number of anilines is 1. The molecule has 0 unspecified atom stereocenters. The molecule has 5 nitrogen and oxygen atoms in total. The van der Waals surface area contributed by atoms with E-state index in [0.717, 1.165) is 5.56 Å². The van der Waals surface area contributed by atoms with Crippen LogP contribution in [0.4, 0.5) is 5.69 Å². The first-order chi connectivity index (χ1) is 8.38. The van der Waals surface area contributed by atoms with Crippen molar-refractivity contribution in [1.82, 2.24) is 0 Å². The maximum atomic E-state index is 11.8. The monoisotopic (exact) mass is 272 g/mol. The molecule has 102 valence electrons. The summed E-state index contributed by atoms with van der Waals surface area (Å²) in [7, 11) is -1.85. The third-order valence-corrected chi connectivity index (χ3v) is 3.96. The molecule has 0 saturated heterocycles. The van der Waals surface area contributed by atoms with Crippen LogP contribution >= 0.6 is 0 Å². The molecule has 0 radical (unpaired) electrons. The number of rotatable bonds is 6. The Morgan fingerprint density at radius 1 is 1.39 bits per heavy atom. The average Bonchev–Trinajstić information content (AvgIpc) is 2.27. The molecule has 18 heavy (non-hydrogen) atoms. The highest BCUT2D eigenvalue weighted by atomic mass is 32.2. The maximum absolute atomic E-state index is 11.8. The topological polar surface area (TPSA) is 81.4 Å². The van der Waals surface area contributed by atoms with Gasteiger partial charge in [0.05, 0.1) is 18.6 Å². The van der Waals surface area contributed by atoms with Gasteiger partial charge in [0.25, 0.3) is 0 Å². The lowest BCUT2D eigenvalue weighted by atomic mass is 10.2. The predicted octanol–water partition coefficient (Wildman–Crippen LogP) is 1.55. The minimum absolute atomic E-state index is 0.0665. The number of hydrogen-bond donors (Lipinski definition) is 2. The van der Waals surface area contributed by atoms with Gasteiger partial charge in [0.15, 0.2) is 0 Å². The number of methoxy groups -OCH3 is 1. The zero-order chi connectivity index (χ0) is 13.8. The Morgan fingerprint density at radius 2 is 2.06 bits per heavy atom. The van der Waals surface area contributed by atoms with Crippen LogP contribution in [-0.2, 0) is 16.6 Å². The molecule has 0 atom stereocenters. The molecule has 0 aliphatic heterocycles. The van der Waals surface area contributed by atoms with Gasteiger partial charge in [0.1, 0.15) is 5.75 Å². The Balaban J connectivity index is 2.97. The fraction of sp³-hybridized carbons (Fsp3) is 0.500. The first-order valence-electron chi connectivity index (χ1n) is 5.75. The molecule has 0 heterocycles. The quantitative estimate of drug-likeness (QED) is 0.823. The normalized spacial score (nSPS) is 11.6. The van der Waals surface area contributed by atoms with Crippen LogP contribution < -0.4 is 15.2 Å². The van der Waals surface area contributed by atoms with Crippen molar-refractivity contribution < 1.29 is 13.2 Å². The molecule has 3 N–H and O–H groups in total. The van der Waals surface area contributed by atoms with Gasteiger partial charge in [-0.15, -0.1) is 0 Å². The van der Waals surface area contributed by atoms with E-state index in [-0.39, 0.29) is 11.7 Å². The Morgan fingerprint density at radius 3 is 2.56 bits per heavy atom. The van der Waals surface area contributed by atoms with E-state index in [1.807, 2.05) is 13.8 Å². The first kappa shape index (κ1) is 14.8. The Labute approximate surface area is 108 Å². The lowest BCUT2D eigenvalue weighted by Gasteiger charge is -2.13. The van der Waals surface area contributed by atoms with Crippen LogP contribution in [0.15, 0.2) is 18.2 Å². The van der Waals surface area contributed by atoms with Crippen LogP contribution in [-0.4, -0.2) is 21.3 Å². The summed E-state index contributed by atoms with van der Waals surface area (Å²) in [5.74, 6) is 0.622. The van der Waals surface area contributed by atoms with E-state index < -0.39 is 10.0 Å². The Hall–Kier alpha value is -1.27. The van der Waals surface area contributed by atoms with Gasteiger partial charge in [0, 0.05) is 6.54 Å². The smallest absolute Gasteiger partial charge is 0.233 e. The summed E-state index contributed by atoms with van der Waals surface area (Å²) in [5.41, 5.74) is 6.85. The molecule has 1 aromatic carbocycles. The van der Waals surface area contributed by atoms with Crippen molar-refractivity contribution >= 4 is 15.7 Å². The Kier molecular flexibility index (Phi) is 4.98. The van der Waals surface area contributed by atoms with Crippen LogP contribution in [0.3, 0.4) is 0 Å². The molecule has 0 saturated carbocycles. The highest BCUT2D eigenvalue weighted by Gasteiger charge is 2.15. The predicted molar refractivity (Wildman–Crippen MR) is 73.1 cm³/mol. The van der Waals surface area contributed by atoms with Gasteiger partial charge in [0.2, 0.25) is 10.0 Å². The van der Waals surface area contributed by atoms with Crippen LogP contribution in [0.2, 0.25) is 0 Å². The van der Waals surface area contributed by atoms with Crippen LogP contribution in [0.25, 0.3) is 0 Å². The van der Waals surface area contributed by atoms with Crippen molar-refractivity contribution in [3.05, 3.63) is 23.8 Å². The van der Waals surface area contributed by atoms with E-state index in [0.29, 0.717) is 18.0 Å². The molecular weight excluding hydrogens is 252 g/mol. The van der Waals surface area contributed by atoms with Gasteiger partial charge >= 0.3 is 0 Å². The average molecular weight is 272 g/mol. The molecule has 0 amide bonds. The van der Waals surface area contributed by atoms with E-state index in [4.69, 9.17) is 10.5 Å². The fourth-order valence-corrected chi connectivity index (χ4v) is 3.06. The lowest BCUT2D eigenvalue weighted by Crippen LogP contribution is -2.20. The number of sulfonamides is 1. The van der Waals surface area contributed by atoms with E-state index >= 15 is 0 Å². The number of hydrogen-bond acceptors (Lipinski definition) is 4. The second kappa shape index (κ2) is 6.06. The first-order valence-corrected chi connectivity index (χ1v) is 7.40. The highest BCUT2D eigenvalue weighted by molar-refractivity contribution is 7.92. The third-order valence-electron chi connectivity index (χ3n) is 2.32. The second-order valence-electron chi connectivity index (χ2n) is 4.52. The van der Waals surface area contributed by atoms with E-state index in [1.54, 1.807) is 18.2 Å². The van der Waals surface area contributed by atoms with Gasteiger partial charge in [-0.1, -0.05) is 19.9 Å². The van der Waals surface area contributed by atoms with Crippen molar-refractivity contribution in [2.24, 2.45) is 11.7 Å². The van der Waals surface area contributed by atoms with Gasteiger partial charge in [-0.2, -0.15) is 0 Å². The molecular formula is C12H20N2O3S. The summed E-state index contributed by atoms with van der Waals surface area (Å²) < 4.78 is 31.4. The van der Waals surface area contributed by atoms with Crippen LogP contribution in [0.5, 0.6) is 5.75 Å². The molecule has 0 aliphatic rings. The summed E-state index contributed by atoms with van der Waals surface area (Å²) in [5, 5.41) is 0. The summed E-state index contributed by atoms with van der Waals surface area (Å²) in [6.45, 7) is 4.09. The number of benzene rings is 1. The minimum atomic E-state index is -3.35. The molecule has 0 spiro atoms. The van der Waals surface area contributed by atoms with Gasteiger partial charge < -0.3 is 10.5 Å². The molecule has 1 aromatic rings. The van der Waals surface area contributed by atoms with Gasteiger partial charge in [-0.25, -0.2) is 8.42 Å². The molecule has 0 aliphatic carbocycles. The molecule has 1 rings (SSSR count). The van der Waals surface area contributed by atoms with Gasteiger partial charge in [-0.05, 0) is 23.6 Å². The van der Waals surface area contributed by atoms with Crippen molar-refractivity contribution in [3.8, 4) is 5.75 Å². The van der Waals surface area contributed by atoms with Crippen LogP contribution in [0, 0.1) is 5.92 Å². The van der Waals surface area contributed by atoms with E-state index in [2.05, 4.69) is 4.72 Å². The zero-order valence-corrected chi connectivity index (χ0v) is 11.8.